The zero-order valence-corrected chi connectivity index (χ0v) is 7.11. The van der Waals surface area contributed by atoms with Crippen molar-refractivity contribution >= 4 is 23.9 Å². The minimum Gasteiger partial charge on any atom is -0.543 e. The van der Waals surface area contributed by atoms with Gasteiger partial charge in [-0.15, -0.1) is 0 Å². The van der Waals surface area contributed by atoms with Crippen molar-refractivity contribution in [2.75, 3.05) is 0 Å². The van der Waals surface area contributed by atoms with Crippen molar-refractivity contribution in [2.24, 2.45) is 0 Å². The van der Waals surface area contributed by atoms with Gasteiger partial charge in [0.15, 0.2) is 0 Å². The summed E-state index contributed by atoms with van der Waals surface area (Å²) in [4.78, 5) is 35.7. The van der Waals surface area contributed by atoms with Gasteiger partial charge in [0.1, 0.15) is 0 Å². The Morgan fingerprint density at radius 2 is 0.615 bits per heavy atom. The average Bonchev–Trinajstić information content (AvgIpc) is 1.88. The number of carbonyl (C=O) groups excluding carboxylic acids is 4. The maximum absolute atomic E-state index is 8.93. The molecule has 1 radical (unpaired) electrons. The zero-order valence-electron chi connectivity index (χ0n) is 5.71. The van der Waals surface area contributed by atoms with Gasteiger partial charge in [0, 0.05) is 0 Å². The van der Waals surface area contributed by atoms with Gasteiger partial charge in [0.05, 0.1) is 23.9 Å². The van der Waals surface area contributed by atoms with Gasteiger partial charge in [-0.25, -0.2) is 0 Å². The third-order valence-corrected chi connectivity index (χ3v) is 0.333. The molecule has 69 valence electrons. The molecule has 0 aromatic rings. The van der Waals surface area contributed by atoms with Crippen molar-refractivity contribution in [3.05, 3.63) is 0 Å². The molecule has 0 fully saturated rings. The van der Waals surface area contributed by atoms with Crippen LogP contribution in [0.25, 0.3) is 0 Å². The number of hydrogen-bond acceptors (Lipinski definition) is 8. The summed E-state index contributed by atoms with van der Waals surface area (Å²) in [5.74, 6) is -8.74. The number of hydrogen-bond donors (Lipinski definition) is 0. The SMILES string of the molecule is O=C([O-])C(=O)[O-].O=C([O-])C(=O)[O-].[V+4]. The van der Waals surface area contributed by atoms with Crippen molar-refractivity contribution in [3.8, 4) is 0 Å². The molecule has 0 aliphatic heterocycles. The van der Waals surface area contributed by atoms with E-state index in [0.29, 0.717) is 0 Å². The topological polar surface area (TPSA) is 161 Å². The minimum absolute atomic E-state index is 0. The average molecular weight is 227 g/mol. The molecule has 0 aliphatic rings. The molecule has 0 amide bonds. The summed E-state index contributed by atoms with van der Waals surface area (Å²) in [5.41, 5.74) is 0. The second-order valence-electron chi connectivity index (χ2n) is 1.15. The summed E-state index contributed by atoms with van der Waals surface area (Å²) in [7, 11) is 0. The van der Waals surface area contributed by atoms with Crippen LogP contribution in [-0.2, 0) is 37.7 Å². The van der Waals surface area contributed by atoms with E-state index in [1.165, 1.54) is 0 Å². The monoisotopic (exact) mass is 227 g/mol. The fourth-order valence-corrected chi connectivity index (χ4v) is 0. The maximum Gasteiger partial charge on any atom is 4.00 e. The molecule has 0 N–H and O–H groups in total. The fraction of sp³-hybridized carbons (Fsp3) is 0. The number of rotatable bonds is 0. The summed E-state index contributed by atoms with van der Waals surface area (Å²) in [6.07, 6.45) is 0. The molecule has 0 rings (SSSR count). The van der Waals surface area contributed by atoms with E-state index < -0.39 is 23.9 Å². The molecule has 8 nitrogen and oxygen atoms in total. The van der Waals surface area contributed by atoms with E-state index >= 15 is 0 Å². The molecule has 0 atom stereocenters. The Hall–Kier alpha value is -1.54. The minimum atomic E-state index is -2.19. The van der Waals surface area contributed by atoms with E-state index in [9.17, 15) is 0 Å². The van der Waals surface area contributed by atoms with Crippen LogP contribution >= 0.6 is 0 Å². The molecule has 9 heteroatoms. The Balaban J connectivity index is -0.000000143. The summed E-state index contributed by atoms with van der Waals surface area (Å²) in [6, 6.07) is 0. The smallest absolute Gasteiger partial charge is 0.543 e. The Morgan fingerprint density at radius 3 is 0.615 bits per heavy atom. The van der Waals surface area contributed by atoms with E-state index in [4.69, 9.17) is 39.6 Å². The van der Waals surface area contributed by atoms with Gasteiger partial charge >= 0.3 is 18.6 Å². The number of carboxylic acids is 4. The predicted molar refractivity (Wildman–Crippen MR) is 20.0 cm³/mol. The fourth-order valence-electron chi connectivity index (χ4n) is 0. The molecule has 0 saturated heterocycles. The van der Waals surface area contributed by atoms with Gasteiger partial charge < -0.3 is 39.6 Å². The third kappa shape index (κ3) is 17.9. The molecular formula is C4O8V. The molecule has 0 saturated carbocycles. The van der Waals surface area contributed by atoms with Crippen molar-refractivity contribution < 1.29 is 58.2 Å². The quantitative estimate of drug-likeness (QED) is 0.368. The number of carbonyl (C=O) groups is 4. The molecule has 13 heavy (non-hydrogen) atoms. The maximum atomic E-state index is 8.93. The summed E-state index contributed by atoms with van der Waals surface area (Å²) >= 11 is 0. The van der Waals surface area contributed by atoms with Gasteiger partial charge in [-0.05, 0) is 0 Å². The Bertz CT molecular complexity index is 172. The number of aliphatic carboxylic acids is 4. The predicted octanol–water partition coefficient (Wildman–Crippen LogP) is -7.03. The van der Waals surface area contributed by atoms with E-state index in [0.717, 1.165) is 0 Å². The van der Waals surface area contributed by atoms with Gasteiger partial charge in [-0.1, -0.05) is 0 Å². The normalized spacial score (nSPS) is 6.77. The van der Waals surface area contributed by atoms with E-state index in [-0.39, 0.29) is 18.6 Å². The molecule has 0 bridgehead atoms. The first-order valence-corrected chi connectivity index (χ1v) is 2.13. The number of carboxylic acid groups (broad SMARTS) is 4. The zero-order chi connectivity index (χ0) is 10.3. The van der Waals surface area contributed by atoms with Crippen LogP contribution in [0.3, 0.4) is 0 Å². The van der Waals surface area contributed by atoms with Crippen LogP contribution in [-0.4, -0.2) is 23.9 Å². The van der Waals surface area contributed by atoms with Gasteiger partial charge in [0.2, 0.25) is 0 Å². The largest absolute Gasteiger partial charge is 4.00 e. The van der Waals surface area contributed by atoms with Crippen LogP contribution in [0.2, 0.25) is 0 Å². The van der Waals surface area contributed by atoms with Crippen LogP contribution < -0.4 is 20.4 Å². The third-order valence-electron chi connectivity index (χ3n) is 0.333. The van der Waals surface area contributed by atoms with Crippen LogP contribution in [0.4, 0.5) is 0 Å². The molecular weight excluding hydrogens is 227 g/mol. The summed E-state index contributed by atoms with van der Waals surface area (Å²) in [5, 5.41) is 35.7. The van der Waals surface area contributed by atoms with Crippen LogP contribution in [0.1, 0.15) is 0 Å². The van der Waals surface area contributed by atoms with Crippen molar-refractivity contribution in [1.29, 1.82) is 0 Å². The van der Waals surface area contributed by atoms with Gasteiger partial charge in [-0.3, -0.25) is 0 Å². The Kier molecular flexibility index (Phi) is 11.5. The molecule has 0 heterocycles. The van der Waals surface area contributed by atoms with Crippen molar-refractivity contribution in [2.45, 2.75) is 0 Å². The summed E-state index contributed by atoms with van der Waals surface area (Å²) in [6.45, 7) is 0. The van der Waals surface area contributed by atoms with Crippen molar-refractivity contribution in [3.63, 3.8) is 0 Å². The van der Waals surface area contributed by atoms with Crippen LogP contribution in [0, 0.1) is 0 Å². The Morgan fingerprint density at radius 1 is 0.538 bits per heavy atom. The van der Waals surface area contributed by atoms with E-state index in [2.05, 4.69) is 0 Å². The molecule has 0 aromatic carbocycles. The first-order chi connectivity index (χ1) is 5.29. The van der Waals surface area contributed by atoms with E-state index in [1.54, 1.807) is 0 Å². The Labute approximate surface area is 82.7 Å². The first-order valence-electron chi connectivity index (χ1n) is 2.13. The van der Waals surface area contributed by atoms with Crippen molar-refractivity contribution in [1.82, 2.24) is 0 Å². The molecule has 0 aliphatic carbocycles. The molecule has 0 spiro atoms. The standard InChI is InChI=1S/2C2H2O4.V/c2*3-1(4)2(5)6;/h2*(H,3,4)(H,5,6);/q;;+4/p-4. The molecule has 0 unspecified atom stereocenters. The van der Waals surface area contributed by atoms with Crippen LogP contribution in [0.5, 0.6) is 0 Å². The van der Waals surface area contributed by atoms with Crippen LogP contribution in [0.15, 0.2) is 0 Å². The van der Waals surface area contributed by atoms with E-state index in [1.807, 2.05) is 0 Å². The second-order valence-corrected chi connectivity index (χ2v) is 1.15. The summed E-state index contributed by atoms with van der Waals surface area (Å²) < 4.78 is 0. The van der Waals surface area contributed by atoms with Gasteiger partial charge in [-0.2, -0.15) is 0 Å². The molecule has 0 aromatic heterocycles. The second kappa shape index (κ2) is 8.56. The first kappa shape index (κ1) is 17.5. The van der Waals surface area contributed by atoms with Gasteiger partial charge in [0.25, 0.3) is 0 Å².